The number of nitrogens with zero attached hydrogens (tertiary/aromatic N) is 4. The van der Waals surface area contributed by atoms with Crippen LogP contribution in [-0.2, 0) is 0 Å². The van der Waals surface area contributed by atoms with E-state index in [1.54, 1.807) is 7.05 Å². The third-order valence-electron chi connectivity index (χ3n) is 3.83. The lowest BCUT2D eigenvalue weighted by Gasteiger charge is -2.11. The first-order valence-corrected chi connectivity index (χ1v) is 7.92. The lowest BCUT2D eigenvalue weighted by Crippen LogP contribution is -2.03. The Morgan fingerprint density at radius 3 is 2.68 bits per heavy atom. The Balaban J connectivity index is 2.17. The normalized spacial score (nSPS) is 12.3. The standard InChI is InChI=1S/C18H19N5O2/c1-20-17(22-23-19)12-7-8-14-13-5-2-3-6-15(13)18(21-16(14)11-12)25-10-4-9-24/h2-3,5-8,11,24H,4,9-10H2,1H3,(H2,19,20,22). The molecule has 0 bridgehead atoms. The molecule has 0 atom stereocenters. The van der Waals surface area contributed by atoms with Crippen molar-refractivity contribution >= 4 is 27.5 Å². The number of hydrogen-bond acceptors (Lipinski definition) is 5. The van der Waals surface area contributed by atoms with Gasteiger partial charge in [-0.15, -0.1) is 5.11 Å². The molecule has 3 rings (SSSR count). The fourth-order valence-corrected chi connectivity index (χ4v) is 2.69. The van der Waals surface area contributed by atoms with Gasteiger partial charge in [-0.05, 0) is 17.5 Å². The summed E-state index contributed by atoms with van der Waals surface area (Å²) in [5.74, 6) is 6.12. The maximum atomic E-state index is 8.96. The van der Waals surface area contributed by atoms with Gasteiger partial charge in [-0.25, -0.2) is 4.98 Å². The highest BCUT2D eigenvalue weighted by Gasteiger charge is 2.11. The Morgan fingerprint density at radius 1 is 1.16 bits per heavy atom. The molecule has 2 aromatic carbocycles. The summed E-state index contributed by atoms with van der Waals surface area (Å²) in [6, 6.07) is 13.7. The molecule has 7 heteroatoms. The summed E-state index contributed by atoms with van der Waals surface area (Å²) in [5, 5.41) is 19.1. The zero-order chi connectivity index (χ0) is 17.6. The van der Waals surface area contributed by atoms with Gasteiger partial charge in [0, 0.05) is 36.4 Å². The maximum Gasteiger partial charge on any atom is 0.221 e. The first-order chi connectivity index (χ1) is 12.3. The van der Waals surface area contributed by atoms with Crippen LogP contribution in [0.25, 0.3) is 21.7 Å². The predicted octanol–water partition coefficient (Wildman–Crippen LogP) is 2.85. The quantitative estimate of drug-likeness (QED) is 0.142. The summed E-state index contributed by atoms with van der Waals surface area (Å²) >= 11 is 0. The minimum atomic E-state index is 0.0794. The summed E-state index contributed by atoms with van der Waals surface area (Å²) < 4.78 is 5.78. The van der Waals surface area contributed by atoms with Gasteiger partial charge in [-0.2, -0.15) is 0 Å². The fourth-order valence-electron chi connectivity index (χ4n) is 2.69. The molecule has 7 nitrogen and oxygen atoms in total. The van der Waals surface area contributed by atoms with Gasteiger partial charge in [0.2, 0.25) is 5.88 Å². The van der Waals surface area contributed by atoms with Crippen LogP contribution in [0.15, 0.2) is 57.8 Å². The highest BCUT2D eigenvalue weighted by Crippen LogP contribution is 2.31. The first-order valence-electron chi connectivity index (χ1n) is 7.92. The zero-order valence-electron chi connectivity index (χ0n) is 13.9. The fraction of sp³-hybridized carbons (Fsp3) is 0.222. The van der Waals surface area contributed by atoms with Crippen molar-refractivity contribution in [2.45, 2.75) is 6.42 Å². The van der Waals surface area contributed by atoms with Crippen LogP contribution in [0.5, 0.6) is 5.88 Å². The third kappa shape index (κ3) is 3.41. The molecule has 25 heavy (non-hydrogen) atoms. The lowest BCUT2D eigenvalue weighted by molar-refractivity contribution is 0.231. The number of aliphatic hydroxyl groups excluding tert-OH is 1. The minimum absolute atomic E-state index is 0.0794. The van der Waals surface area contributed by atoms with Crippen LogP contribution in [0.3, 0.4) is 0 Å². The molecule has 128 valence electrons. The van der Waals surface area contributed by atoms with E-state index in [1.807, 2.05) is 42.5 Å². The number of pyridine rings is 1. The van der Waals surface area contributed by atoms with Crippen LogP contribution >= 0.6 is 0 Å². The SMILES string of the molecule is CN=C(N=NN)c1ccc2c(c1)nc(OCCCO)c1ccccc12. The Hall–Kier alpha value is -3.06. The van der Waals surface area contributed by atoms with E-state index in [9.17, 15) is 0 Å². The van der Waals surface area contributed by atoms with E-state index in [0.29, 0.717) is 24.7 Å². The van der Waals surface area contributed by atoms with E-state index in [1.165, 1.54) is 0 Å². The molecule has 0 fully saturated rings. The Bertz CT molecular complexity index is 953. The highest BCUT2D eigenvalue weighted by atomic mass is 16.5. The molecule has 0 saturated heterocycles. The highest BCUT2D eigenvalue weighted by molar-refractivity contribution is 6.10. The van der Waals surface area contributed by atoms with Gasteiger partial charge >= 0.3 is 0 Å². The summed E-state index contributed by atoms with van der Waals surface area (Å²) in [7, 11) is 1.63. The lowest BCUT2D eigenvalue weighted by atomic mass is 10.0. The van der Waals surface area contributed by atoms with Gasteiger partial charge in [0.25, 0.3) is 0 Å². The van der Waals surface area contributed by atoms with E-state index in [2.05, 4.69) is 20.3 Å². The van der Waals surface area contributed by atoms with E-state index in [4.69, 9.17) is 15.7 Å². The topological polar surface area (TPSA) is 105 Å². The van der Waals surface area contributed by atoms with E-state index in [-0.39, 0.29) is 6.61 Å². The van der Waals surface area contributed by atoms with Crippen molar-refractivity contribution in [2.24, 2.45) is 21.2 Å². The minimum Gasteiger partial charge on any atom is -0.477 e. The molecule has 1 aromatic heterocycles. The van der Waals surface area contributed by atoms with Crippen LogP contribution in [0.4, 0.5) is 0 Å². The number of rotatable bonds is 5. The third-order valence-corrected chi connectivity index (χ3v) is 3.83. The second-order valence-corrected chi connectivity index (χ2v) is 5.38. The number of aliphatic hydroxyl groups is 1. The Morgan fingerprint density at radius 2 is 1.96 bits per heavy atom. The van der Waals surface area contributed by atoms with Crippen LogP contribution in [0, 0.1) is 0 Å². The van der Waals surface area contributed by atoms with Crippen LogP contribution in [0.2, 0.25) is 0 Å². The number of fused-ring (bicyclic) bond motifs is 3. The average molecular weight is 337 g/mol. The molecular weight excluding hydrogens is 318 g/mol. The Kier molecular flexibility index (Phi) is 5.15. The molecule has 3 N–H and O–H groups in total. The molecule has 0 unspecified atom stereocenters. The summed E-state index contributed by atoms with van der Waals surface area (Å²) in [4.78, 5) is 8.74. The molecule has 0 aliphatic heterocycles. The van der Waals surface area contributed by atoms with Crippen LogP contribution in [-0.4, -0.2) is 36.2 Å². The largest absolute Gasteiger partial charge is 0.477 e. The molecular formula is C18H19N5O2. The average Bonchev–Trinajstić information content (AvgIpc) is 2.66. The van der Waals surface area contributed by atoms with Gasteiger partial charge in [0.15, 0.2) is 5.84 Å². The van der Waals surface area contributed by atoms with Gasteiger partial charge in [-0.3, -0.25) is 4.99 Å². The van der Waals surface area contributed by atoms with Crippen molar-refractivity contribution < 1.29 is 9.84 Å². The number of ether oxygens (including phenoxy) is 1. The second kappa shape index (κ2) is 7.67. The van der Waals surface area contributed by atoms with Crippen LogP contribution < -0.4 is 10.6 Å². The van der Waals surface area contributed by atoms with Gasteiger partial charge in [0.1, 0.15) is 0 Å². The summed E-state index contributed by atoms with van der Waals surface area (Å²) in [5.41, 5.74) is 1.54. The summed E-state index contributed by atoms with van der Waals surface area (Å²) in [6.45, 7) is 0.484. The molecule has 0 aliphatic carbocycles. The molecule has 0 radical (unpaired) electrons. The molecule has 0 saturated carbocycles. The molecule has 3 aromatic rings. The van der Waals surface area contributed by atoms with Crippen LogP contribution in [0.1, 0.15) is 12.0 Å². The van der Waals surface area contributed by atoms with Crippen molar-refractivity contribution in [3.05, 3.63) is 48.0 Å². The molecule has 1 heterocycles. The van der Waals surface area contributed by atoms with Crippen molar-refractivity contribution in [1.82, 2.24) is 4.98 Å². The number of hydrogen-bond donors (Lipinski definition) is 2. The number of amidine groups is 1. The first kappa shape index (κ1) is 16.8. The second-order valence-electron chi connectivity index (χ2n) is 5.38. The molecule has 0 spiro atoms. The maximum absolute atomic E-state index is 8.96. The Labute approximate surface area is 144 Å². The van der Waals surface area contributed by atoms with Crippen molar-refractivity contribution in [2.75, 3.05) is 20.3 Å². The number of aliphatic imine (C=N–C) groups is 1. The van der Waals surface area contributed by atoms with Crippen molar-refractivity contribution in [3.8, 4) is 5.88 Å². The van der Waals surface area contributed by atoms with Crippen molar-refractivity contribution in [3.63, 3.8) is 0 Å². The zero-order valence-corrected chi connectivity index (χ0v) is 13.9. The summed E-state index contributed by atoms with van der Waals surface area (Å²) in [6.07, 6.45) is 0.553. The van der Waals surface area contributed by atoms with E-state index >= 15 is 0 Å². The van der Waals surface area contributed by atoms with Gasteiger partial charge in [-0.1, -0.05) is 35.6 Å². The van der Waals surface area contributed by atoms with E-state index < -0.39 is 0 Å². The van der Waals surface area contributed by atoms with Gasteiger partial charge in [0.05, 0.1) is 12.1 Å². The molecule has 0 amide bonds. The number of nitrogens with two attached hydrogens (primary N) is 1. The van der Waals surface area contributed by atoms with Gasteiger partial charge < -0.3 is 15.7 Å². The number of benzene rings is 2. The smallest absolute Gasteiger partial charge is 0.221 e. The number of aromatic nitrogens is 1. The van der Waals surface area contributed by atoms with E-state index in [0.717, 1.165) is 27.2 Å². The molecule has 0 aliphatic rings. The predicted molar refractivity (Wildman–Crippen MR) is 98.0 cm³/mol. The monoisotopic (exact) mass is 337 g/mol. The van der Waals surface area contributed by atoms with Crippen molar-refractivity contribution in [1.29, 1.82) is 0 Å².